The van der Waals surface area contributed by atoms with E-state index in [9.17, 15) is 9.59 Å². The highest BCUT2D eigenvalue weighted by molar-refractivity contribution is 5.96. The van der Waals surface area contributed by atoms with Gasteiger partial charge in [-0.2, -0.15) is 0 Å². The van der Waals surface area contributed by atoms with Crippen LogP contribution in [0.15, 0.2) is 30.3 Å². The fourth-order valence-corrected chi connectivity index (χ4v) is 2.43. The first-order chi connectivity index (χ1) is 10.6. The van der Waals surface area contributed by atoms with Gasteiger partial charge >= 0.3 is 6.03 Å². The van der Waals surface area contributed by atoms with Gasteiger partial charge in [-0.25, -0.2) is 4.79 Å². The molecule has 0 radical (unpaired) electrons. The number of carbonyl (C=O) groups excluding carboxylic acids is 2. The molecule has 0 unspecified atom stereocenters. The van der Waals surface area contributed by atoms with E-state index in [0.717, 1.165) is 18.7 Å². The van der Waals surface area contributed by atoms with Gasteiger partial charge in [0.05, 0.1) is 0 Å². The molecule has 120 valence electrons. The minimum absolute atomic E-state index is 0.0954. The molecule has 1 fully saturated rings. The number of hydrogen-bond acceptors (Lipinski definition) is 3. The highest BCUT2D eigenvalue weighted by Gasteiger charge is 2.30. The third-order valence-corrected chi connectivity index (χ3v) is 3.60. The van der Waals surface area contributed by atoms with Crippen LogP contribution in [-0.2, 0) is 4.79 Å². The van der Waals surface area contributed by atoms with E-state index in [0.29, 0.717) is 19.6 Å². The zero-order valence-corrected chi connectivity index (χ0v) is 13.3. The summed E-state index contributed by atoms with van der Waals surface area (Å²) in [6.07, 6.45) is 0.906. The van der Waals surface area contributed by atoms with Crippen molar-refractivity contribution in [2.75, 3.05) is 51.7 Å². The third-order valence-electron chi connectivity index (χ3n) is 3.60. The fourth-order valence-electron chi connectivity index (χ4n) is 2.43. The van der Waals surface area contributed by atoms with Crippen LogP contribution in [0.4, 0.5) is 10.5 Å². The van der Waals surface area contributed by atoms with E-state index >= 15 is 0 Å². The minimum Gasteiger partial charge on any atom is -0.355 e. The molecule has 1 aliphatic heterocycles. The number of para-hydroxylation sites is 1. The summed E-state index contributed by atoms with van der Waals surface area (Å²) in [4.78, 5) is 29.6. The van der Waals surface area contributed by atoms with Crippen LogP contribution in [0.5, 0.6) is 0 Å². The second kappa shape index (κ2) is 7.79. The number of carbonyl (C=O) groups is 2. The van der Waals surface area contributed by atoms with E-state index in [1.165, 1.54) is 0 Å². The molecule has 1 aliphatic rings. The lowest BCUT2D eigenvalue weighted by atomic mass is 10.3. The van der Waals surface area contributed by atoms with Crippen LogP contribution in [0.25, 0.3) is 0 Å². The molecule has 1 saturated heterocycles. The first-order valence-corrected chi connectivity index (χ1v) is 7.61. The highest BCUT2D eigenvalue weighted by atomic mass is 16.2. The Labute approximate surface area is 131 Å². The van der Waals surface area contributed by atoms with Gasteiger partial charge in [0.25, 0.3) is 0 Å². The number of nitrogens with zero attached hydrogens (tertiary/aromatic N) is 3. The van der Waals surface area contributed by atoms with Gasteiger partial charge in [0, 0.05) is 25.3 Å². The average Bonchev–Trinajstić information content (AvgIpc) is 2.85. The number of urea groups is 1. The lowest BCUT2D eigenvalue weighted by molar-refractivity contribution is -0.121. The topological polar surface area (TPSA) is 55.9 Å². The monoisotopic (exact) mass is 304 g/mol. The van der Waals surface area contributed by atoms with E-state index in [1.54, 1.807) is 9.80 Å². The van der Waals surface area contributed by atoms with Gasteiger partial charge in [-0.3, -0.25) is 9.69 Å². The molecule has 6 heteroatoms. The van der Waals surface area contributed by atoms with Gasteiger partial charge < -0.3 is 15.1 Å². The SMILES string of the molecule is CN(C)CCCNC(=O)CN1CCN(c2ccccc2)C1=O. The number of hydrogen-bond donors (Lipinski definition) is 1. The van der Waals surface area contributed by atoms with Crippen molar-refractivity contribution in [2.45, 2.75) is 6.42 Å². The van der Waals surface area contributed by atoms with Gasteiger partial charge in [-0.1, -0.05) is 18.2 Å². The first kappa shape index (κ1) is 16.3. The smallest absolute Gasteiger partial charge is 0.325 e. The molecular weight excluding hydrogens is 280 g/mol. The Morgan fingerprint density at radius 1 is 1.23 bits per heavy atom. The lowest BCUT2D eigenvalue weighted by Gasteiger charge is -2.18. The summed E-state index contributed by atoms with van der Waals surface area (Å²) in [6.45, 7) is 2.91. The summed E-state index contributed by atoms with van der Waals surface area (Å²) in [5, 5.41) is 2.86. The molecule has 1 aromatic rings. The fraction of sp³-hybridized carbons (Fsp3) is 0.500. The standard InChI is InChI=1S/C16H24N4O2/c1-18(2)10-6-9-17-15(21)13-19-11-12-20(16(19)22)14-7-4-3-5-8-14/h3-5,7-8H,6,9-13H2,1-2H3,(H,17,21). The lowest BCUT2D eigenvalue weighted by Crippen LogP contribution is -2.40. The van der Waals surface area contributed by atoms with E-state index < -0.39 is 0 Å². The Bertz CT molecular complexity index is 504. The van der Waals surface area contributed by atoms with Crippen LogP contribution in [0.1, 0.15) is 6.42 Å². The number of anilines is 1. The van der Waals surface area contributed by atoms with Crippen molar-refractivity contribution in [3.05, 3.63) is 30.3 Å². The quantitative estimate of drug-likeness (QED) is 0.765. The first-order valence-electron chi connectivity index (χ1n) is 7.61. The number of rotatable bonds is 7. The van der Waals surface area contributed by atoms with E-state index in [2.05, 4.69) is 10.2 Å². The van der Waals surface area contributed by atoms with E-state index in [4.69, 9.17) is 0 Å². The number of benzene rings is 1. The largest absolute Gasteiger partial charge is 0.355 e. The summed E-state index contributed by atoms with van der Waals surface area (Å²) in [5.74, 6) is -0.0954. The maximum absolute atomic E-state index is 12.3. The van der Waals surface area contributed by atoms with Gasteiger partial charge in [-0.05, 0) is 39.2 Å². The van der Waals surface area contributed by atoms with Crippen LogP contribution in [-0.4, -0.2) is 68.6 Å². The van der Waals surface area contributed by atoms with Gasteiger partial charge in [-0.15, -0.1) is 0 Å². The molecule has 0 aliphatic carbocycles. The Kier molecular flexibility index (Phi) is 5.77. The Morgan fingerprint density at radius 3 is 2.64 bits per heavy atom. The Balaban J connectivity index is 1.77. The maximum atomic E-state index is 12.3. The molecule has 6 nitrogen and oxygen atoms in total. The van der Waals surface area contributed by atoms with Gasteiger partial charge in [0.1, 0.15) is 6.54 Å². The predicted molar refractivity (Wildman–Crippen MR) is 86.9 cm³/mol. The second-order valence-electron chi connectivity index (χ2n) is 5.70. The van der Waals surface area contributed by atoms with Crippen molar-refractivity contribution < 1.29 is 9.59 Å². The van der Waals surface area contributed by atoms with Gasteiger partial charge in [0.15, 0.2) is 0 Å². The molecule has 2 rings (SSSR count). The third kappa shape index (κ3) is 4.46. The van der Waals surface area contributed by atoms with Gasteiger partial charge in [0.2, 0.25) is 5.91 Å². The summed E-state index contributed by atoms with van der Waals surface area (Å²) < 4.78 is 0. The van der Waals surface area contributed by atoms with Crippen LogP contribution in [0, 0.1) is 0 Å². The molecule has 1 aromatic carbocycles. The van der Waals surface area contributed by atoms with Crippen molar-refractivity contribution in [3.63, 3.8) is 0 Å². The molecule has 0 bridgehead atoms. The number of nitrogens with one attached hydrogen (secondary N) is 1. The van der Waals surface area contributed by atoms with Crippen LogP contribution in [0.2, 0.25) is 0 Å². The average molecular weight is 304 g/mol. The van der Waals surface area contributed by atoms with Crippen molar-refractivity contribution >= 4 is 17.6 Å². The molecule has 1 heterocycles. The van der Waals surface area contributed by atoms with Crippen LogP contribution < -0.4 is 10.2 Å². The summed E-state index contributed by atoms with van der Waals surface area (Å²) in [7, 11) is 4.01. The second-order valence-corrected chi connectivity index (χ2v) is 5.70. The van der Waals surface area contributed by atoms with Crippen molar-refractivity contribution in [1.29, 1.82) is 0 Å². The van der Waals surface area contributed by atoms with Crippen molar-refractivity contribution in [2.24, 2.45) is 0 Å². The zero-order chi connectivity index (χ0) is 15.9. The van der Waals surface area contributed by atoms with Crippen molar-refractivity contribution in [1.82, 2.24) is 15.1 Å². The van der Waals surface area contributed by atoms with E-state index in [-0.39, 0.29) is 18.5 Å². The molecule has 22 heavy (non-hydrogen) atoms. The minimum atomic E-state index is -0.102. The molecule has 0 aromatic heterocycles. The molecular formula is C16H24N4O2. The normalized spacial score (nSPS) is 14.8. The predicted octanol–water partition coefficient (Wildman–Crippen LogP) is 0.997. The zero-order valence-electron chi connectivity index (χ0n) is 13.3. The maximum Gasteiger partial charge on any atom is 0.325 e. The molecule has 1 N–H and O–H groups in total. The Hall–Kier alpha value is -2.08. The Morgan fingerprint density at radius 2 is 1.95 bits per heavy atom. The van der Waals surface area contributed by atoms with E-state index in [1.807, 2.05) is 44.4 Å². The molecule has 3 amide bonds. The summed E-state index contributed by atoms with van der Waals surface area (Å²) in [6, 6.07) is 9.44. The highest BCUT2D eigenvalue weighted by Crippen LogP contribution is 2.19. The van der Waals surface area contributed by atoms with Crippen molar-refractivity contribution in [3.8, 4) is 0 Å². The molecule has 0 atom stereocenters. The van der Waals surface area contributed by atoms with Crippen LogP contribution in [0.3, 0.4) is 0 Å². The summed E-state index contributed by atoms with van der Waals surface area (Å²) >= 11 is 0. The molecule has 0 spiro atoms. The summed E-state index contributed by atoms with van der Waals surface area (Å²) in [5.41, 5.74) is 0.876. The molecule has 0 saturated carbocycles. The van der Waals surface area contributed by atoms with Crippen LogP contribution >= 0.6 is 0 Å². The number of amides is 3.